The van der Waals surface area contributed by atoms with Crippen molar-refractivity contribution in [3.8, 4) is 11.1 Å². The van der Waals surface area contributed by atoms with Crippen LogP contribution in [0.5, 0.6) is 0 Å². The van der Waals surface area contributed by atoms with Gasteiger partial charge >= 0.3 is 0 Å². The van der Waals surface area contributed by atoms with Crippen LogP contribution >= 0.6 is 11.8 Å². The van der Waals surface area contributed by atoms with Gasteiger partial charge in [-0.3, -0.25) is 4.79 Å². The third-order valence-electron chi connectivity index (χ3n) is 6.22. The van der Waals surface area contributed by atoms with Crippen molar-refractivity contribution in [2.75, 3.05) is 5.32 Å². The number of fused-ring (bicyclic) bond motifs is 1. The molecule has 2 aliphatic rings. The zero-order chi connectivity index (χ0) is 19.8. The minimum atomic E-state index is 0.0236. The molecule has 29 heavy (non-hydrogen) atoms. The van der Waals surface area contributed by atoms with Crippen LogP contribution in [0, 0.1) is 0 Å². The van der Waals surface area contributed by atoms with Gasteiger partial charge in [0.1, 0.15) is 5.52 Å². The molecule has 2 fully saturated rings. The topological polar surface area (TPSA) is 49.8 Å². The molecule has 2 aromatic heterocycles. The van der Waals surface area contributed by atoms with Crippen LogP contribution in [0.1, 0.15) is 51.4 Å². The predicted octanol–water partition coefficient (Wildman–Crippen LogP) is 5.92. The number of aryl methyl sites for hydroxylation is 1. The first-order chi connectivity index (χ1) is 14.2. The van der Waals surface area contributed by atoms with Crippen molar-refractivity contribution in [3.63, 3.8) is 0 Å². The van der Waals surface area contributed by atoms with Gasteiger partial charge < -0.3 is 14.9 Å². The first kappa shape index (κ1) is 18.9. The van der Waals surface area contributed by atoms with E-state index in [9.17, 15) is 4.79 Å². The maximum absolute atomic E-state index is 12.5. The number of nitrogens with one attached hydrogen (secondary N) is 2. The Morgan fingerprint density at radius 2 is 1.83 bits per heavy atom. The van der Waals surface area contributed by atoms with E-state index in [1.54, 1.807) is 4.57 Å². The Morgan fingerprint density at radius 1 is 1.03 bits per heavy atom. The monoisotopic (exact) mass is 407 g/mol. The standard InChI is InChI=1S/C24H29N3OS/c1-27-15-21(19-12-13-25-23(19)24(27)28)20-14-18(29-17-8-9-17)10-11-22(20)26-16-6-4-2-3-5-7-16/h10-17,25-26H,2-9H2,1H3. The summed E-state index contributed by atoms with van der Waals surface area (Å²) in [5, 5.41) is 5.65. The molecule has 152 valence electrons. The average molecular weight is 408 g/mol. The lowest BCUT2D eigenvalue weighted by Gasteiger charge is -2.21. The van der Waals surface area contributed by atoms with Gasteiger partial charge in [-0.2, -0.15) is 0 Å². The van der Waals surface area contributed by atoms with Gasteiger partial charge in [0.2, 0.25) is 0 Å². The first-order valence-corrected chi connectivity index (χ1v) is 11.8. The third kappa shape index (κ3) is 3.97. The van der Waals surface area contributed by atoms with Gasteiger partial charge in [-0.25, -0.2) is 0 Å². The van der Waals surface area contributed by atoms with Crippen molar-refractivity contribution in [3.05, 3.63) is 47.0 Å². The molecule has 4 nitrogen and oxygen atoms in total. The van der Waals surface area contributed by atoms with E-state index in [4.69, 9.17) is 0 Å². The molecule has 0 bridgehead atoms. The lowest BCUT2D eigenvalue weighted by molar-refractivity contribution is 0.620. The molecule has 0 atom stereocenters. The van der Waals surface area contributed by atoms with Gasteiger partial charge in [-0.15, -0.1) is 11.8 Å². The number of hydrogen-bond donors (Lipinski definition) is 2. The van der Waals surface area contributed by atoms with E-state index in [1.165, 1.54) is 67.5 Å². The zero-order valence-corrected chi connectivity index (χ0v) is 17.9. The number of H-pyrrole nitrogens is 1. The molecule has 0 amide bonds. The number of thioether (sulfide) groups is 1. The predicted molar refractivity (Wildman–Crippen MR) is 123 cm³/mol. The highest BCUT2D eigenvalue weighted by Gasteiger charge is 2.24. The first-order valence-electron chi connectivity index (χ1n) is 10.9. The number of nitrogens with zero attached hydrogens (tertiary/aromatic N) is 1. The average Bonchev–Trinajstić information content (AvgIpc) is 3.46. The summed E-state index contributed by atoms with van der Waals surface area (Å²) < 4.78 is 1.70. The van der Waals surface area contributed by atoms with Crippen LogP contribution in [0.4, 0.5) is 5.69 Å². The molecule has 0 unspecified atom stereocenters. The normalized spacial score (nSPS) is 18.1. The van der Waals surface area contributed by atoms with Crippen LogP contribution in [-0.4, -0.2) is 20.8 Å². The van der Waals surface area contributed by atoms with Gasteiger partial charge in [0.05, 0.1) is 0 Å². The van der Waals surface area contributed by atoms with Crippen LogP contribution in [-0.2, 0) is 7.05 Å². The van der Waals surface area contributed by atoms with Crippen LogP contribution < -0.4 is 10.9 Å². The molecule has 2 aliphatic carbocycles. The Balaban J connectivity index is 1.60. The highest BCUT2D eigenvalue weighted by atomic mass is 32.2. The number of hydrogen-bond acceptors (Lipinski definition) is 3. The second-order valence-corrected chi connectivity index (χ2v) is 9.96. The fraction of sp³-hybridized carbons (Fsp3) is 0.458. The van der Waals surface area contributed by atoms with Gasteiger partial charge in [0.15, 0.2) is 0 Å². The Bertz CT molecular complexity index is 1070. The lowest BCUT2D eigenvalue weighted by Crippen LogP contribution is -2.19. The fourth-order valence-electron chi connectivity index (χ4n) is 4.45. The fourth-order valence-corrected chi connectivity index (χ4v) is 5.54. The molecular formula is C24H29N3OS. The van der Waals surface area contributed by atoms with Crippen molar-refractivity contribution in [2.45, 2.75) is 67.6 Å². The minimum Gasteiger partial charge on any atom is -0.382 e. The van der Waals surface area contributed by atoms with Crippen LogP contribution in [0.25, 0.3) is 22.0 Å². The van der Waals surface area contributed by atoms with Crippen molar-refractivity contribution in [2.24, 2.45) is 7.05 Å². The van der Waals surface area contributed by atoms with Gasteiger partial charge in [0.25, 0.3) is 5.56 Å². The number of aromatic amines is 1. The molecule has 0 aliphatic heterocycles. The molecule has 0 radical (unpaired) electrons. The molecule has 5 heteroatoms. The Labute approximate surface area is 176 Å². The molecule has 0 spiro atoms. The summed E-state index contributed by atoms with van der Waals surface area (Å²) >= 11 is 1.99. The maximum atomic E-state index is 12.5. The molecule has 1 aromatic carbocycles. The van der Waals surface area contributed by atoms with E-state index < -0.39 is 0 Å². The summed E-state index contributed by atoms with van der Waals surface area (Å²) in [7, 11) is 1.84. The Hall–Kier alpha value is -2.14. The smallest absolute Gasteiger partial charge is 0.274 e. The summed E-state index contributed by atoms with van der Waals surface area (Å²) in [4.78, 5) is 17.0. The number of benzene rings is 1. The van der Waals surface area contributed by atoms with E-state index >= 15 is 0 Å². The summed E-state index contributed by atoms with van der Waals surface area (Å²) in [5.74, 6) is 0. The van der Waals surface area contributed by atoms with E-state index in [1.807, 2.05) is 37.3 Å². The van der Waals surface area contributed by atoms with E-state index in [0.717, 1.165) is 16.2 Å². The van der Waals surface area contributed by atoms with E-state index in [0.29, 0.717) is 11.6 Å². The molecular weight excluding hydrogens is 378 g/mol. The molecule has 2 N–H and O–H groups in total. The van der Waals surface area contributed by atoms with Gasteiger partial charge in [0, 0.05) is 57.8 Å². The quantitative estimate of drug-likeness (QED) is 0.516. The molecule has 3 aromatic rings. The summed E-state index contributed by atoms with van der Waals surface area (Å²) in [6, 6.07) is 9.42. The summed E-state index contributed by atoms with van der Waals surface area (Å²) in [6.45, 7) is 0. The molecule has 2 heterocycles. The molecule has 5 rings (SSSR count). The third-order valence-corrected chi connectivity index (χ3v) is 7.55. The van der Waals surface area contributed by atoms with E-state index in [-0.39, 0.29) is 5.56 Å². The SMILES string of the molecule is Cn1cc(-c2cc(SC3CC3)ccc2NC2CCCCCC2)c2cc[nH]c2c1=O. The van der Waals surface area contributed by atoms with Crippen molar-refractivity contribution in [1.82, 2.24) is 9.55 Å². The Morgan fingerprint density at radius 3 is 2.59 bits per heavy atom. The van der Waals surface area contributed by atoms with Gasteiger partial charge in [-0.05, 0) is 49.9 Å². The van der Waals surface area contributed by atoms with Crippen LogP contribution in [0.2, 0.25) is 0 Å². The highest BCUT2D eigenvalue weighted by molar-refractivity contribution is 8.00. The molecule has 0 saturated heterocycles. The summed E-state index contributed by atoms with van der Waals surface area (Å²) in [5.41, 5.74) is 4.23. The largest absolute Gasteiger partial charge is 0.382 e. The van der Waals surface area contributed by atoms with E-state index in [2.05, 4.69) is 28.5 Å². The van der Waals surface area contributed by atoms with Crippen molar-refractivity contribution < 1.29 is 0 Å². The lowest BCUT2D eigenvalue weighted by atomic mass is 10.0. The van der Waals surface area contributed by atoms with Crippen LogP contribution in [0.15, 0.2) is 46.3 Å². The number of aromatic nitrogens is 2. The van der Waals surface area contributed by atoms with Crippen molar-refractivity contribution in [1.29, 1.82) is 0 Å². The number of anilines is 1. The Kier molecular flexibility index (Phi) is 5.17. The molecule has 2 saturated carbocycles. The summed E-state index contributed by atoms with van der Waals surface area (Å²) in [6.07, 6.45) is 14.3. The number of pyridine rings is 1. The zero-order valence-electron chi connectivity index (χ0n) is 17.0. The van der Waals surface area contributed by atoms with Gasteiger partial charge in [-0.1, -0.05) is 25.7 Å². The second-order valence-electron chi connectivity index (χ2n) is 8.58. The number of rotatable bonds is 5. The maximum Gasteiger partial charge on any atom is 0.274 e. The van der Waals surface area contributed by atoms with Crippen LogP contribution in [0.3, 0.4) is 0 Å². The second kappa shape index (κ2) is 7.94. The minimum absolute atomic E-state index is 0.0236. The highest BCUT2D eigenvalue weighted by Crippen LogP contribution is 2.42. The van der Waals surface area contributed by atoms with Crippen molar-refractivity contribution >= 4 is 28.4 Å².